The van der Waals surface area contributed by atoms with Crippen molar-refractivity contribution in [3.63, 3.8) is 0 Å². The van der Waals surface area contributed by atoms with Crippen molar-refractivity contribution >= 4 is 15.9 Å². The van der Waals surface area contributed by atoms with Gasteiger partial charge in [-0.25, -0.2) is 13.1 Å². The van der Waals surface area contributed by atoms with Crippen LogP contribution in [0.3, 0.4) is 0 Å². The van der Waals surface area contributed by atoms with Crippen molar-refractivity contribution in [1.82, 2.24) is 9.62 Å². The standard InChI is InChI=1S/C21H26N2O5S/c1-3-22-29(25,26)20-12-13-23(14-20)21(24)15-27-17-8-10-19(11-9-17)28-18-6-4-16(2)5-7-18/h4-11,20,22H,3,12-15H2,1-2H3/t20-/m0/s1. The number of amides is 1. The normalized spacial score (nSPS) is 16.6. The van der Waals surface area contributed by atoms with E-state index >= 15 is 0 Å². The molecule has 7 nitrogen and oxygen atoms in total. The molecule has 1 fully saturated rings. The first kappa shape index (κ1) is 21.1. The Morgan fingerprint density at radius 2 is 1.66 bits per heavy atom. The highest BCUT2D eigenvalue weighted by Gasteiger charge is 2.34. The van der Waals surface area contributed by atoms with Crippen LogP contribution in [0.5, 0.6) is 17.2 Å². The minimum absolute atomic E-state index is 0.133. The van der Waals surface area contributed by atoms with Crippen molar-refractivity contribution in [2.24, 2.45) is 0 Å². The Bertz CT molecular complexity index is 927. The van der Waals surface area contributed by atoms with Crippen molar-refractivity contribution < 1.29 is 22.7 Å². The second-order valence-electron chi connectivity index (χ2n) is 6.97. The molecule has 0 aliphatic carbocycles. The van der Waals surface area contributed by atoms with E-state index in [0.29, 0.717) is 31.0 Å². The van der Waals surface area contributed by atoms with Crippen LogP contribution in [0.2, 0.25) is 0 Å². The fraction of sp³-hybridized carbons (Fsp3) is 0.381. The van der Waals surface area contributed by atoms with E-state index < -0.39 is 15.3 Å². The first-order valence-electron chi connectivity index (χ1n) is 9.61. The van der Waals surface area contributed by atoms with E-state index in [0.717, 1.165) is 11.3 Å². The molecule has 0 unspecified atom stereocenters. The van der Waals surface area contributed by atoms with Gasteiger partial charge in [0.15, 0.2) is 6.61 Å². The van der Waals surface area contributed by atoms with Crippen LogP contribution < -0.4 is 14.2 Å². The van der Waals surface area contributed by atoms with Crippen LogP contribution in [0.1, 0.15) is 18.9 Å². The molecule has 8 heteroatoms. The number of sulfonamides is 1. The van der Waals surface area contributed by atoms with Crippen LogP contribution >= 0.6 is 0 Å². The molecule has 1 N–H and O–H groups in total. The number of nitrogens with one attached hydrogen (secondary N) is 1. The van der Waals surface area contributed by atoms with Crippen molar-refractivity contribution in [3.8, 4) is 17.2 Å². The molecule has 1 saturated heterocycles. The Kier molecular flexibility index (Phi) is 6.76. The van der Waals surface area contributed by atoms with Gasteiger partial charge in [-0.3, -0.25) is 4.79 Å². The van der Waals surface area contributed by atoms with Gasteiger partial charge in [0, 0.05) is 19.6 Å². The summed E-state index contributed by atoms with van der Waals surface area (Å²) in [5, 5.41) is -0.565. The molecule has 1 heterocycles. The first-order valence-corrected chi connectivity index (χ1v) is 11.2. The maximum Gasteiger partial charge on any atom is 0.260 e. The summed E-state index contributed by atoms with van der Waals surface area (Å²) in [5.41, 5.74) is 1.16. The summed E-state index contributed by atoms with van der Waals surface area (Å²) < 4.78 is 38.0. The molecular formula is C21H26N2O5S. The molecule has 0 bridgehead atoms. The summed E-state index contributed by atoms with van der Waals surface area (Å²) in [6, 6.07) is 14.8. The maximum absolute atomic E-state index is 12.3. The number of benzene rings is 2. The number of hydrogen-bond acceptors (Lipinski definition) is 5. The van der Waals surface area contributed by atoms with Gasteiger partial charge in [0.1, 0.15) is 17.2 Å². The summed E-state index contributed by atoms with van der Waals surface area (Å²) in [4.78, 5) is 13.9. The van der Waals surface area contributed by atoms with Gasteiger partial charge in [0.25, 0.3) is 5.91 Å². The van der Waals surface area contributed by atoms with Crippen LogP contribution in [-0.4, -0.2) is 50.7 Å². The lowest BCUT2D eigenvalue weighted by molar-refractivity contribution is -0.132. The lowest BCUT2D eigenvalue weighted by Gasteiger charge is -2.17. The van der Waals surface area contributed by atoms with Crippen LogP contribution in [0.25, 0.3) is 0 Å². The fourth-order valence-corrected chi connectivity index (χ4v) is 4.54. The molecule has 0 spiro atoms. The van der Waals surface area contributed by atoms with E-state index in [4.69, 9.17) is 9.47 Å². The van der Waals surface area contributed by atoms with Crippen molar-refractivity contribution in [2.75, 3.05) is 26.2 Å². The fourth-order valence-electron chi connectivity index (χ4n) is 3.11. The Balaban J connectivity index is 1.48. The van der Waals surface area contributed by atoms with E-state index in [9.17, 15) is 13.2 Å². The smallest absolute Gasteiger partial charge is 0.260 e. The predicted molar refractivity (Wildman–Crippen MR) is 111 cm³/mol. The predicted octanol–water partition coefficient (Wildman–Crippen LogP) is 2.71. The molecule has 0 aromatic heterocycles. The highest BCUT2D eigenvalue weighted by molar-refractivity contribution is 7.90. The summed E-state index contributed by atoms with van der Waals surface area (Å²) >= 11 is 0. The third-order valence-electron chi connectivity index (χ3n) is 4.72. The van der Waals surface area contributed by atoms with Gasteiger partial charge in [0.05, 0.1) is 5.25 Å². The Morgan fingerprint density at radius 1 is 1.07 bits per heavy atom. The zero-order valence-electron chi connectivity index (χ0n) is 16.6. The second kappa shape index (κ2) is 9.28. The lowest BCUT2D eigenvalue weighted by Crippen LogP contribution is -2.38. The van der Waals surface area contributed by atoms with Crippen LogP contribution in [0, 0.1) is 6.92 Å². The number of nitrogens with zero attached hydrogens (tertiary/aromatic N) is 1. The van der Waals surface area contributed by atoms with Crippen LogP contribution in [0.15, 0.2) is 48.5 Å². The number of aryl methyl sites for hydroxylation is 1. The zero-order chi connectivity index (χ0) is 20.9. The molecule has 1 amide bonds. The molecule has 1 aliphatic heterocycles. The second-order valence-corrected chi connectivity index (χ2v) is 9.01. The third-order valence-corrected chi connectivity index (χ3v) is 6.68. The summed E-state index contributed by atoms with van der Waals surface area (Å²) in [6.07, 6.45) is 0.437. The molecule has 0 saturated carbocycles. The average Bonchev–Trinajstić information content (AvgIpc) is 3.20. The highest BCUT2D eigenvalue weighted by atomic mass is 32.2. The summed E-state index contributed by atoms with van der Waals surface area (Å²) in [5.74, 6) is 1.74. The molecule has 3 rings (SSSR count). The zero-order valence-corrected chi connectivity index (χ0v) is 17.4. The van der Waals surface area contributed by atoms with Crippen molar-refractivity contribution in [2.45, 2.75) is 25.5 Å². The van der Waals surface area contributed by atoms with Crippen molar-refractivity contribution in [1.29, 1.82) is 0 Å². The molecule has 1 atom stereocenters. The van der Waals surface area contributed by atoms with Crippen LogP contribution in [0.4, 0.5) is 0 Å². The Labute approximate surface area is 171 Å². The van der Waals surface area contributed by atoms with Gasteiger partial charge in [-0.15, -0.1) is 0 Å². The minimum Gasteiger partial charge on any atom is -0.484 e. The quantitative estimate of drug-likeness (QED) is 0.713. The van der Waals surface area contributed by atoms with E-state index in [-0.39, 0.29) is 19.1 Å². The average molecular weight is 419 g/mol. The maximum atomic E-state index is 12.3. The molecule has 29 heavy (non-hydrogen) atoms. The minimum atomic E-state index is -3.38. The molecular weight excluding hydrogens is 392 g/mol. The first-order chi connectivity index (χ1) is 13.9. The summed E-state index contributed by atoms with van der Waals surface area (Å²) in [7, 11) is -3.38. The summed E-state index contributed by atoms with van der Waals surface area (Å²) in [6.45, 7) is 4.58. The van der Waals surface area contributed by atoms with Gasteiger partial charge in [0.2, 0.25) is 10.0 Å². The van der Waals surface area contributed by atoms with E-state index in [2.05, 4.69) is 4.72 Å². The van der Waals surface area contributed by atoms with Gasteiger partial charge >= 0.3 is 0 Å². The SMILES string of the molecule is CCNS(=O)(=O)[C@H]1CCN(C(=O)COc2ccc(Oc3ccc(C)cc3)cc2)C1. The van der Waals surface area contributed by atoms with Crippen LogP contribution in [-0.2, 0) is 14.8 Å². The lowest BCUT2D eigenvalue weighted by atomic mass is 10.2. The number of likely N-dealkylation sites (tertiary alicyclic amines) is 1. The van der Waals surface area contributed by atoms with Crippen molar-refractivity contribution in [3.05, 3.63) is 54.1 Å². The van der Waals surface area contributed by atoms with Gasteiger partial charge in [-0.2, -0.15) is 0 Å². The largest absolute Gasteiger partial charge is 0.484 e. The van der Waals surface area contributed by atoms with E-state index in [1.165, 1.54) is 4.90 Å². The highest BCUT2D eigenvalue weighted by Crippen LogP contribution is 2.24. The topological polar surface area (TPSA) is 84.9 Å². The Hall–Kier alpha value is -2.58. The number of carbonyl (C=O) groups is 1. The molecule has 0 radical (unpaired) electrons. The molecule has 156 valence electrons. The third kappa shape index (κ3) is 5.71. The number of carbonyl (C=O) groups excluding carboxylic acids is 1. The number of rotatable bonds is 8. The molecule has 2 aromatic carbocycles. The van der Waals surface area contributed by atoms with Gasteiger partial charge < -0.3 is 14.4 Å². The number of hydrogen-bond donors (Lipinski definition) is 1. The Morgan fingerprint density at radius 3 is 2.28 bits per heavy atom. The molecule has 2 aromatic rings. The number of ether oxygens (including phenoxy) is 2. The van der Waals surface area contributed by atoms with E-state index in [1.54, 1.807) is 31.2 Å². The van der Waals surface area contributed by atoms with Gasteiger partial charge in [-0.05, 0) is 49.7 Å². The monoisotopic (exact) mass is 418 g/mol. The molecule has 1 aliphatic rings. The van der Waals surface area contributed by atoms with E-state index in [1.807, 2.05) is 31.2 Å². The van der Waals surface area contributed by atoms with Gasteiger partial charge in [-0.1, -0.05) is 24.6 Å².